The number of carbonyl (C=O) groups excluding carboxylic acids is 1. The molecular weight excluding hydrogens is 455 g/mol. The van der Waals surface area contributed by atoms with Crippen LogP contribution in [-0.4, -0.2) is 25.2 Å². The summed E-state index contributed by atoms with van der Waals surface area (Å²) < 4.78 is 27.6. The Hall–Kier alpha value is -2.38. The molecule has 8 heteroatoms. The fraction of sp³-hybridized carbons (Fsp3) is 0.174. The van der Waals surface area contributed by atoms with E-state index in [0.717, 1.165) is 16.7 Å². The van der Waals surface area contributed by atoms with Gasteiger partial charge in [0.05, 0.1) is 4.90 Å². The first-order valence-corrected chi connectivity index (χ1v) is 11.9. The predicted molar refractivity (Wildman–Crippen MR) is 123 cm³/mol. The van der Waals surface area contributed by atoms with Crippen LogP contribution in [0.2, 0.25) is 10.0 Å². The van der Waals surface area contributed by atoms with Gasteiger partial charge in [-0.25, -0.2) is 8.42 Å². The average Bonchev–Trinajstić information content (AvgIpc) is 2.73. The Bertz CT molecular complexity index is 1240. The van der Waals surface area contributed by atoms with Gasteiger partial charge in [0.1, 0.15) is 0 Å². The highest BCUT2D eigenvalue weighted by Gasteiger charge is 2.28. The summed E-state index contributed by atoms with van der Waals surface area (Å²) >= 11 is 12.0. The quantitative estimate of drug-likeness (QED) is 0.557. The molecule has 0 unspecified atom stereocenters. The largest absolute Gasteiger partial charge is 0.322 e. The van der Waals surface area contributed by atoms with Crippen molar-refractivity contribution in [3.8, 4) is 0 Å². The number of aryl methyl sites for hydroxylation is 1. The molecule has 5 nitrogen and oxygen atoms in total. The molecule has 0 aliphatic carbocycles. The molecule has 0 saturated heterocycles. The maximum absolute atomic E-state index is 13.1. The number of halogens is 2. The average molecular weight is 475 g/mol. The highest BCUT2D eigenvalue weighted by molar-refractivity contribution is 7.89. The number of rotatable bonds is 4. The molecule has 160 valence electrons. The van der Waals surface area contributed by atoms with Crippen LogP contribution in [0.25, 0.3) is 0 Å². The van der Waals surface area contributed by atoms with Gasteiger partial charge in [0.15, 0.2) is 0 Å². The summed E-state index contributed by atoms with van der Waals surface area (Å²) in [5.41, 5.74) is 3.86. The zero-order valence-electron chi connectivity index (χ0n) is 16.7. The highest BCUT2D eigenvalue weighted by atomic mass is 35.5. The van der Waals surface area contributed by atoms with E-state index in [1.54, 1.807) is 30.3 Å². The van der Waals surface area contributed by atoms with E-state index in [1.807, 2.05) is 25.1 Å². The first-order chi connectivity index (χ1) is 14.7. The molecule has 0 radical (unpaired) electrons. The number of benzene rings is 3. The number of anilines is 1. The van der Waals surface area contributed by atoms with Crippen molar-refractivity contribution in [2.24, 2.45) is 0 Å². The molecule has 0 bridgehead atoms. The Morgan fingerprint density at radius 1 is 0.935 bits per heavy atom. The van der Waals surface area contributed by atoms with E-state index in [1.165, 1.54) is 16.4 Å². The molecule has 31 heavy (non-hydrogen) atoms. The van der Waals surface area contributed by atoms with Crippen LogP contribution in [0.15, 0.2) is 65.6 Å². The van der Waals surface area contributed by atoms with Gasteiger partial charge in [-0.15, -0.1) is 0 Å². The van der Waals surface area contributed by atoms with Gasteiger partial charge in [0, 0.05) is 34.4 Å². The lowest BCUT2D eigenvalue weighted by Gasteiger charge is -2.28. The molecule has 1 N–H and O–H groups in total. The fourth-order valence-electron chi connectivity index (χ4n) is 3.56. The Labute approximate surface area is 191 Å². The van der Waals surface area contributed by atoms with Gasteiger partial charge >= 0.3 is 0 Å². The molecule has 3 aromatic carbocycles. The molecule has 1 heterocycles. The third kappa shape index (κ3) is 4.77. The van der Waals surface area contributed by atoms with E-state index >= 15 is 0 Å². The molecule has 0 saturated carbocycles. The van der Waals surface area contributed by atoms with Crippen molar-refractivity contribution in [2.45, 2.75) is 24.8 Å². The van der Waals surface area contributed by atoms with Crippen molar-refractivity contribution in [3.63, 3.8) is 0 Å². The van der Waals surface area contributed by atoms with Gasteiger partial charge in [-0.3, -0.25) is 4.79 Å². The molecule has 1 amide bonds. The van der Waals surface area contributed by atoms with Crippen molar-refractivity contribution < 1.29 is 13.2 Å². The summed E-state index contributed by atoms with van der Waals surface area (Å²) in [6.45, 7) is 2.58. The second-order valence-corrected chi connectivity index (χ2v) is 10.3. The summed E-state index contributed by atoms with van der Waals surface area (Å²) in [7, 11) is -3.59. The maximum atomic E-state index is 13.1. The van der Waals surface area contributed by atoms with Crippen LogP contribution in [0.5, 0.6) is 0 Å². The molecule has 4 rings (SSSR count). The summed E-state index contributed by atoms with van der Waals surface area (Å²) in [5, 5.41) is 3.58. The van der Waals surface area contributed by atoms with E-state index in [0.29, 0.717) is 34.3 Å². The monoisotopic (exact) mass is 474 g/mol. The van der Waals surface area contributed by atoms with Crippen molar-refractivity contribution in [1.29, 1.82) is 0 Å². The summed E-state index contributed by atoms with van der Waals surface area (Å²) in [5.74, 6) is -0.343. The summed E-state index contributed by atoms with van der Waals surface area (Å²) in [4.78, 5) is 12.9. The van der Waals surface area contributed by atoms with Gasteiger partial charge in [-0.05, 0) is 66.9 Å². The van der Waals surface area contributed by atoms with E-state index in [2.05, 4.69) is 5.32 Å². The minimum atomic E-state index is -3.59. The smallest absolute Gasteiger partial charge is 0.255 e. The summed E-state index contributed by atoms with van der Waals surface area (Å²) in [6, 6.07) is 17.0. The van der Waals surface area contributed by atoms with E-state index in [4.69, 9.17) is 23.2 Å². The number of nitrogens with zero attached hydrogens (tertiary/aromatic N) is 1. The molecule has 0 fully saturated rings. The number of fused-ring (bicyclic) bond motifs is 1. The Morgan fingerprint density at radius 3 is 2.29 bits per heavy atom. The van der Waals surface area contributed by atoms with Crippen molar-refractivity contribution in [2.75, 3.05) is 11.9 Å². The van der Waals surface area contributed by atoms with Crippen LogP contribution >= 0.6 is 23.2 Å². The van der Waals surface area contributed by atoms with Crippen LogP contribution in [-0.2, 0) is 23.0 Å². The highest BCUT2D eigenvalue weighted by Crippen LogP contribution is 2.28. The minimum absolute atomic E-state index is 0.248. The Kier molecular flexibility index (Phi) is 6.08. The lowest BCUT2D eigenvalue weighted by molar-refractivity contribution is 0.102. The first kappa shape index (κ1) is 21.8. The molecule has 1 aliphatic rings. The first-order valence-electron chi connectivity index (χ1n) is 9.68. The number of sulfonamides is 1. The fourth-order valence-corrected chi connectivity index (χ4v) is 5.51. The van der Waals surface area contributed by atoms with Gasteiger partial charge in [0.25, 0.3) is 5.91 Å². The number of nitrogens with one attached hydrogen (secondary N) is 1. The molecular formula is C23H20Cl2N2O3S. The van der Waals surface area contributed by atoms with Crippen molar-refractivity contribution in [3.05, 3.63) is 93.0 Å². The van der Waals surface area contributed by atoms with E-state index in [9.17, 15) is 13.2 Å². The van der Waals surface area contributed by atoms with E-state index < -0.39 is 10.0 Å². The Balaban J connectivity index is 1.55. The molecule has 1 aliphatic heterocycles. The van der Waals surface area contributed by atoms with Crippen LogP contribution in [0, 0.1) is 6.92 Å². The van der Waals surface area contributed by atoms with Crippen LogP contribution in [0.1, 0.15) is 27.0 Å². The molecule has 3 aromatic rings. The molecule has 0 spiro atoms. The predicted octanol–water partition coefficient (Wildman–Crippen LogP) is 5.30. The second-order valence-electron chi connectivity index (χ2n) is 7.50. The van der Waals surface area contributed by atoms with Crippen LogP contribution < -0.4 is 5.32 Å². The number of hydrogen-bond acceptors (Lipinski definition) is 3. The van der Waals surface area contributed by atoms with Gasteiger partial charge < -0.3 is 5.32 Å². The van der Waals surface area contributed by atoms with Crippen molar-refractivity contribution >= 4 is 44.8 Å². The second kappa shape index (κ2) is 8.63. The molecule has 0 aromatic heterocycles. The lowest BCUT2D eigenvalue weighted by Crippen LogP contribution is -2.36. The normalized spacial score (nSPS) is 14.2. The zero-order chi connectivity index (χ0) is 22.2. The third-order valence-electron chi connectivity index (χ3n) is 5.22. The molecule has 0 atom stereocenters. The third-order valence-corrected chi connectivity index (χ3v) is 7.52. The minimum Gasteiger partial charge on any atom is -0.322 e. The van der Waals surface area contributed by atoms with Crippen LogP contribution in [0.4, 0.5) is 5.69 Å². The van der Waals surface area contributed by atoms with Gasteiger partial charge in [-0.1, -0.05) is 47.0 Å². The Morgan fingerprint density at radius 2 is 1.61 bits per heavy atom. The number of amides is 1. The standard InChI is InChI=1S/C23H20Cl2N2O3S/c1-15-2-6-22(7-3-15)31(29,30)27-9-8-16-4-5-21(12-18(16)14-27)26-23(28)17-10-19(24)13-20(25)11-17/h2-7,10-13H,8-9,14H2,1H3,(H,26,28). The SMILES string of the molecule is Cc1ccc(S(=O)(=O)N2CCc3ccc(NC(=O)c4cc(Cl)cc(Cl)c4)cc3C2)cc1. The summed E-state index contributed by atoms with van der Waals surface area (Å²) in [6.07, 6.45) is 0.610. The van der Waals surface area contributed by atoms with E-state index in [-0.39, 0.29) is 17.3 Å². The number of hydrogen-bond donors (Lipinski definition) is 1. The zero-order valence-corrected chi connectivity index (χ0v) is 19.1. The van der Waals surface area contributed by atoms with Crippen LogP contribution in [0.3, 0.4) is 0 Å². The van der Waals surface area contributed by atoms with Crippen molar-refractivity contribution in [1.82, 2.24) is 4.31 Å². The van der Waals surface area contributed by atoms with Gasteiger partial charge in [-0.2, -0.15) is 4.31 Å². The number of carbonyl (C=O) groups is 1. The topological polar surface area (TPSA) is 66.5 Å². The van der Waals surface area contributed by atoms with Gasteiger partial charge in [0.2, 0.25) is 10.0 Å². The lowest BCUT2D eigenvalue weighted by atomic mass is 10.0. The maximum Gasteiger partial charge on any atom is 0.255 e.